The standard InChI is InChI=1S/C14H22N2O4/c1-10(2)15-12-6-4-3-5-11(12)13(20)16-14(7-17,8-18)9-19/h3-6,10,15,17-19H,7-9H2,1-2H3,(H,16,20). The van der Waals surface area contributed by atoms with Crippen molar-refractivity contribution < 1.29 is 20.1 Å². The lowest BCUT2D eigenvalue weighted by molar-refractivity contribution is 0.0375. The molecule has 1 rings (SSSR count). The SMILES string of the molecule is CC(C)Nc1ccccc1C(=O)NC(CO)(CO)CO. The van der Waals surface area contributed by atoms with Crippen molar-refractivity contribution in [1.82, 2.24) is 5.32 Å². The summed E-state index contributed by atoms with van der Waals surface area (Å²) in [6.07, 6.45) is 0. The van der Waals surface area contributed by atoms with Crippen molar-refractivity contribution in [3.8, 4) is 0 Å². The van der Waals surface area contributed by atoms with Crippen molar-refractivity contribution in [3.05, 3.63) is 29.8 Å². The Labute approximate surface area is 118 Å². The molecule has 0 aromatic heterocycles. The highest BCUT2D eigenvalue weighted by Gasteiger charge is 2.30. The Morgan fingerprint density at radius 2 is 1.70 bits per heavy atom. The minimum Gasteiger partial charge on any atom is -0.394 e. The summed E-state index contributed by atoms with van der Waals surface area (Å²) in [4.78, 5) is 12.3. The number of anilines is 1. The maximum absolute atomic E-state index is 12.3. The third-order valence-electron chi connectivity index (χ3n) is 2.90. The van der Waals surface area contributed by atoms with Gasteiger partial charge in [0.05, 0.1) is 25.4 Å². The number of aliphatic hydroxyl groups excluding tert-OH is 3. The Bertz CT molecular complexity index is 436. The quantitative estimate of drug-likeness (QED) is 0.483. The van der Waals surface area contributed by atoms with E-state index in [1.807, 2.05) is 13.8 Å². The van der Waals surface area contributed by atoms with Crippen LogP contribution in [0, 0.1) is 0 Å². The second kappa shape index (κ2) is 7.23. The average Bonchev–Trinajstić information content (AvgIpc) is 2.44. The summed E-state index contributed by atoms with van der Waals surface area (Å²) in [5.74, 6) is -0.467. The van der Waals surface area contributed by atoms with Crippen LogP contribution in [0.3, 0.4) is 0 Å². The van der Waals surface area contributed by atoms with Crippen molar-refractivity contribution in [2.24, 2.45) is 0 Å². The van der Waals surface area contributed by atoms with Gasteiger partial charge in [-0.1, -0.05) is 12.1 Å². The molecule has 0 spiro atoms. The molecule has 0 unspecified atom stereocenters. The first-order valence-electron chi connectivity index (χ1n) is 6.48. The molecule has 20 heavy (non-hydrogen) atoms. The van der Waals surface area contributed by atoms with Crippen LogP contribution in [-0.4, -0.2) is 52.6 Å². The monoisotopic (exact) mass is 282 g/mol. The summed E-state index contributed by atoms with van der Waals surface area (Å²) >= 11 is 0. The largest absolute Gasteiger partial charge is 0.394 e. The van der Waals surface area contributed by atoms with E-state index in [1.54, 1.807) is 24.3 Å². The maximum Gasteiger partial charge on any atom is 0.254 e. The topological polar surface area (TPSA) is 102 Å². The number of para-hydroxylation sites is 1. The van der Waals surface area contributed by atoms with Crippen molar-refractivity contribution in [2.45, 2.75) is 25.4 Å². The Balaban J connectivity index is 2.97. The molecule has 0 heterocycles. The molecule has 6 nitrogen and oxygen atoms in total. The van der Waals surface area contributed by atoms with Gasteiger partial charge >= 0.3 is 0 Å². The van der Waals surface area contributed by atoms with Gasteiger partial charge in [0.15, 0.2) is 0 Å². The normalized spacial score (nSPS) is 11.5. The predicted octanol–water partition coefficient (Wildman–Crippen LogP) is -0.0476. The number of carbonyl (C=O) groups is 1. The number of hydrogen-bond acceptors (Lipinski definition) is 5. The van der Waals surface area contributed by atoms with Gasteiger partial charge in [0, 0.05) is 11.7 Å². The number of rotatable bonds is 7. The fourth-order valence-electron chi connectivity index (χ4n) is 1.69. The summed E-state index contributed by atoms with van der Waals surface area (Å²) < 4.78 is 0. The zero-order chi connectivity index (χ0) is 15.2. The van der Waals surface area contributed by atoms with Crippen molar-refractivity contribution in [3.63, 3.8) is 0 Å². The smallest absolute Gasteiger partial charge is 0.254 e. The van der Waals surface area contributed by atoms with Crippen molar-refractivity contribution >= 4 is 11.6 Å². The van der Waals surface area contributed by atoms with E-state index in [0.717, 1.165) is 0 Å². The zero-order valence-corrected chi connectivity index (χ0v) is 11.8. The molecule has 0 aliphatic carbocycles. The molecule has 0 aliphatic heterocycles. The lowest BCUT2D eigenvalue weighted by atomic mass is 10.0. The van der Waals surface area contributed by atoms with Crippen LogP contribution in [-0.2, 0) is 0 Å². The Hall–Kier alpha value is -1.63. The highest BCUT2D eigenvalue weighted by Crippen LogP contribution is 2.17. The number of carbonyl (C=O) groups excluding carboxylic acids is 1. The van der Waals surface area contributed by atoms with Gasteiger partial charge in [0.25, 0.3) is 5.91 Å². The highest BCUT2D eigenvalue weighted by molar-refractivity contribution is 6.00. The Morgan fingerprint density at radius 3 is 2.20 bits per heavy atom. The molecular weight excluding hydrogens is 260 g/mol. The second-order valence-corrected chi connectivity index (χ2v) is 5.05. The number of aliphatic hydroxyl groups is 3. The van der Waals surface area contributed by atoms with E-state index in [0.29, 0.717) is 11.3 Å². The molecule has 0 bridgehead atoms. The van der Waals surface area contributed by atoms with E-state index < -0.39 is 31.3 Å². The zero-order valence-electron chi connectivity index (χ0n) is 11.8. The van der Waals surface area contributed by atoms with Crippen LogP contribution in [0.25, 0.3) is 0 Å². The van der Waals surface area contributed by atoms with Crippen molar-refractivity contribution in [1.29, 1.82) is 0 Å². The van der Waals surface area contributed by atoms with E-state index >= 15 is 0 Å². The minimum atomic E-state index is -1.43. The van der Waals surface area contributed by atoms with Crippen LogP contribution in [0.5, 0.6) is 0 Å². The van der Waals surface area contributed by atoms with Crippen LogP contribution in [0.15, 0.2) is 24.3 Å². The highest BCUT2D eigenvalue weighted by atomic mass is 16.3. The average molecular weight is 282 g/mol. The number of amides is 1. The molecule has 1 aromatic rings. The third kappa shape index (κ3) is 3.93. The summed E-state index contributed by atoms with van der Waals surface area (Å²) in [5.41, 5.74) is -0.384. The Kier molecular flexibility index (Phi) is 5.94. The van der Waals surface area contributed by atoms with Crippen LogP contribution >= 0.6 is 0 Å². The van der Waals surface area contributed by atoms with Gasteiger partial charge in [-0.15, -0.1) is 0 Å². The van der Waals surface area contributed by atoms with E-state index in [-0.39, 0.29) is 6.04 Å². The third-order valence-corrected chi connectivity index (χ3v) is 2.90. The summed E-state index contributed by atoms with van der Waals surface area (Å²) in [6, 6.07) is 7.09. The lowest BCUT2D eigenvalue weighted by Crippen LogP contribution is -2.57. The van der Waals surface area contributed by atoms with Gasteiger partial charge in [-0.2, -0.15) is 0 Å². The van der Waals surface area contributed by atoms with Gasteiger partial charge in [0.1, 0.15) is 5.54 Å². The first-order valence-corrected chi connectivity index (χ1v) is 6.48. The molecule has 0 radical (unpaired) electrons. The van der Waals surface area contributed by atoms with Crippen LogP contribution in [0.2, 0.25) is 0 Å². The molecular formula is C14H22N2O4. The number of benzene rings is 1. The number of nitrogens with one attached hydrogen (secondary N) is 2. The van der Waals surface area contributed by atoms with E-state index in [2.05, 4.69) is 10.6 Å². The maximum atomic E-state index is 12.3. The lowest BCUT2D eigenvalue weighted by Gasteiger charge is -2.29. The molecule has 0 aliphatic rings. The summed E-state index contributed by atoms with van der Waals surface area (Å²) in [5, 5.41) is 33.3. The fourth-order valence-corrected chi connectivity index (χ4v) is 1.69. The van der Waals surface area contributed by atoms with E-state index in [9.17, 15) is 20.1 Å². The van der Waals surface area contributed by atoms with Gasteiger partial charge in [-0.25, -0.2) is 0 Å². The minimum absolute atomic E-state index is 0.155. The summed E-state index contributed by atoms with van der Waals surface area (Å²) in [6.45, 7) is 2.25. The molecule has 0 saturated heterocycles. The molecule has 0 fully saturated rings. The molecule has 6 heteroatoms. The Morgan fingerprint density at radius 1 is 1.15 bits per heavy atom. The van der Waals surface area contributed by atoms with Gasteiger partial charge in [-0.3, -0.25) is 4.79 Å². The number of hydrogen-bond donors (Lipinski definition) is 5. The first-order chi connectivity index (χ1) is 9.48. The summed E-state index contributed by atoms with van der Waals surface area (Å²) in [7, 11) is 0. The fraction of sp³-hybridized carbons (Fsp3) is 0.500. The van der Waals surface area contributed by atoms with E-state index in [1.165, 1.54) is 0 Å². The molecule has 1 aromatic carbocycles. The van der Waals surface area contributed by atoms with Gasteiger partial charge in [-0.05, 0) is 26.0 Å². The molecule has 5 N–H and O–H groups in total. The first kappa shape index (κ1) is 16.4. The second-order valence-electron chi connectivity index (χ2n) is 5.05. The molecule has 112 valence electrons. The molecule has 0 atom stereocenters. The van der Waals surface area contributed by atoms with Gasteiger partial charge < -0.3 is 26.0 Å². The molecule has 0 saturated carbocycles. The van der Waals surface area contributed by atoms with Crippen LogP contribution in [0.4, 0.5) is 5.69 Å². The van der Waals surface area contributed by atoms with Gasteiger partial charge in [0.2, 0.25) is 0 Å². The predicted molar refractivity (Wildman–Crippen MR) is 76.7 cm³/mol. The van der Waals surface area contributed by atoms with Crippen molar-refractivity contribution in [2.75, 3.05) is 25.1 Å². The van der Waals surface area contributed by atoms with Crippen LogP contribution < -0.4 is 10.6 Å². The molecule has 1 amide bonds. The van der Waals surface area contributed by atoms with E-state index in [4.69, 9.17) is 0 Å². The van der Waals surface area contributed by atoms with Crippen LogP contribution in [0.1, 0.15) is 24.2 Å².